The lowest BCUT2D eigenvalue weighted by Crippen LogP contribution is -2.46. The number of thiophene rings is 1. The summed E-state index contributed by atoms with van der Waals surface area (Å²) < 4.78 is 25.9. The Kier molecular flexibility index (Phi) is 5.58. The molecule has 0 saturated carbocycles. The molecule has 1 unspecified atom stereocenters. The van der Waals surface area contributed by atoms with Gasteiger partial charge in [-0.15, -0.1) is 11.3 Å². The Morgan fingerprint density at radius 1 is 1.44 bits per heavy atom. The Morgan fingerprint density at radius 2 is 2.28 bits per heavy atom. The fraction of sp³-hybridized carbons (Fsp3) is 0.529. The van der Waals surface area contributed by atoms with E-state index in [-0.39, 0.29) is 24.0 Å². The Morgan fingerprint density at radius 3 is 2.96 bits per heavy atom. The number of amides is 1. The molecule has 0 bridgehead atoms. The number of hydrogen-bond donors (Lipinski definition) is 0. The van der Waals surface area contributed by atoms with Crippen molar-refractivity contribution in [3.05, 3.63) is 40.3 Å². The van der Waals surface area contributed by atoms with E-state index in [0.29, 0.717) is 13.0 Å². The van der Waals surface area contributed by atoms with E-state index >= 15 is 0 Å². The summed E-state index contributed by atoms with van der Waals surface area (Å²) >= 11 is 1.70. The van der Waals surface area contributed by atoms with Gasteiger partial charge in [-0.2, -0.15) is 5.10 Å². The van der Waals surface area contributed by atoms with Crippen LogP contribution in [-0.2, 0) is 27.6 Å². The molecule has 1 aliphatic heterocycles. The van der Waals surface area contributed by atoms with Gasteiger partial charge in [0.15, 0.2) is 9.84 Å². The van der Waals surface area contributed by atoms with E-state index in [0.717, 1.165) is 18.4 Å². The van der Waals surface area contributed by atoms with Crippen LogP contribution in [0.5, 0.6) is 0 Å². The first kappa shape index (κ1) is 18.1. The monoisotopic (exact) mass is 381 g/mol. The van der Waals surface area contributed by atoms with Gasteiger partial charge in [0, 0.05) is 36.1 Å². The normalized spacial score (nSPS) is 19.9. The van der Waals surface area contributed by atoms with Crippen LogP contribution in [0.4, 0.5) is 0 Å². The molecule has 136 valence electrons. The molecule has 3 rings (SSSR count). The van der Waals surface area contributed by atoms with Crippen LogP contribution < -0.4 is 0 Å². The fourth-order valence-electron chi connectivity index (χ4n) is 3.12. The minimum absolute atomic E-state index is 0.0148. The van der Waals surface area contributed by atoms with Crippen molar-refractivity contribution in [2.75, 3.05) is 18.1 Å². The van der Waals surface area contributed by atoms with Crippen LogP contribution in [0.15, 0.2) is 29.9 Å². The third-order valence-electron chi connectivity index (χ3n) is 4.51. The highest BCUT2D eigenvalue weighted by atomic mass is 32.2. The van der Waals surface area contributed by atoms with E-state index in [1.165, 1.54) is 4.88 Å². The van der Waals surface area contributed by atoms with Gasteiger partial charge in [-0.1, -0.05) is 6.07 Å². The smallest absolute Gasteiger partial charge is 0.223 e. The van der Waals surface area contributed by atoms with E-state index in [9.17, 15) is 13.2 Å². The number of aromatic nitrogens is 2. The molecule has 6 nitrogen and oxygen atoms in total. The van der Waals surface area contributed by atoms with E-state index in [1.807, 2.05) is 24.6 Å². The Bertz CT molecular complexity index is 812. The SMILES string of the molecule is CCn1cc(C2CS(=O)(=O)CCN2C(=O)CCCc2cccs2)cn1. The quantitative estimate of drug-likeness (QED) is 0.770. The maximum Gasteiger partial charge on any atom is 0.223 e. The first-order valence-corrected chi connectivity index (χ1v) is 11.2. The van der Waals surface area contributed by atoms with Crippen molar-refractivity contribution in [2.45, 2.75) is 38.8 Å². The van der Waals surface area contributed by atoms with E-state index < -0.39 is 15.9 Å². The highest BCUT2D eigenvalue weighted by Crippen LogP contribution is 2.27. The first-order chi connectivity index (χ1) is 12.0. The molecular formula is C17H23N3O3S2. The van der Waals surface area contributed by atoms with Gasteiger partial charge >= 0.3 is 0 Å². The minimum Gasteiger partial charge on any atom is -0.333 e. The van der Waals surface area contributed by atoms with Crippen molar-refractivity contribution in [1.29, 1.82) is 0 Å². The van der Waals surface area contributed by atoms with Gasteiger partial charge in [0.2, 0.25) is 5.91 Å². The number of sulfone groups is 1. The molecule has 1 aliphatic rings. The molecular weight excluding hydrogens is 358 g/mol. The zero-order valence-corrected chi connectivity index (χ0v) is 15.9. The Labute approximate surface area is 152 Å². The van der Waals surface area contributed by atoms with Gasteiger partial charge in [-0.05, 0) is 31.2 Å². The van der Waals surface area contributed by atoms with Gasteiger partial charge < -0.3 is 4.90 Å². The number of nitrogens with zero attached hydrogens (tertiary/aromatic N) is 3. The van der Waals surface area contributed by atoms with Crippen molar-refractivity contribution in [1.82, 2.24) is 14.7 Å². The molecule has 1 saturated heterocycles. The molecule has 3 heterocycles. The standard InChI is InChI=1S/C17H23N3O3S2/c1-2-19-12-14(11-18-19)16-13-25(22,23)10-8-20(16)17(21)7-3-5-15-6-4-9-24-15/h4,6,9,11-12,16H,2-3,5,7-8,10,13H2,1H3. The van der Waals surface area contributed by atoms with Crippen molar-refractivity contribution >= 4 is 27.1 Å². The Hall–Kier alpha value is -1.67. The van der Waals surface area contributed by atoms with Crippen LogP contribution in [0, 0.1) is 0 Å². The number of aryl methyl sites for hydroxylation is 2. The zero-order chi connectivity index (χ0) is 17.9. The van der Waals surface area contributed by atoms with Crippen molar-refractivity contribution < 1.29 is 13.2 Å². The second kappa shape index (κ2) is 7.70. The summed E-state index contributed by atoms with van der Waals surface area (Å²) in [5, 5.41) is 6.27. The summed E-state index contributed by atoms with van der Waals surface area (Å²) in [7, 11) is -3.13. The van der Waals surface area contributed by atoms with Gasteiger partial charge in [-0.25, -0.2) is 8.42 Å². The molecule has 1 amide bonds. The van der Waals surface area contributed by atoms with E-state index in [1.54, 1.807) is 27.1 Å². The summed E-state index contributed by atoms with van der Waals surface area (Å²) in [5.74, 6) is 0.0574. The molecule has 2 aromatic rings. The van der Waals surface area contributed by atoms with Crippen LogP contribution in [0.1, 0.15) is 36.2 Å². The molecule has 8 heteroatoms. The van der Waals surface area contributed by atoms with Crippen molar-refractivity contribution in [2.24, 2.45) is 0 Å². The summed E-state index contributed by atoms with van der Waals surface area (Å²) in [6.07, 6.45) is 5.63. The van der Waals surface area contributed by atoms with Crippen molar-refractivity contribution in [3.8, 4) is 0 Å². The van der Waals surface area contributed by atoms with Gasteiger partial charge in [0.05, 0.1) is 23.7 Å². The molecule has 0 spiro atoms. The maximum absolute atomic E-state index is 12.7. The lowest BCUT2D eigenvalue weighted by atomic mass is 10.1. The Balaban J connectivity index is 1.69. The molecule has 0 aliphatic carbocycles. The maximum atomic E-state index is 12.7. The molecule has 0 N–H and O–H groups in total. The molecule has 25 heavy (non-hydrogen) atoms. The summed E-state index contributed by atoms with van der Waals surface area (Å²) in [6, 6.07) is 3.66. The molecule has 1 atom stereocenters. The van der Waals surface area contributed by atoms with E-state index in [2.05, 4.69) is 11.2 Å². The van der Waals surface area contributed by atoms with Crippen LogP contribution in [0.25, 0.3) is 0 Å². The second-order valence-electron chi connectivity index (χ2n) is 6.28. The average molecular weight is 382 g/mol. The third-order valence-corrected chi connectivity index (χ3v) is 7.07. The van der Waals surface area contributed by atoms with Gasteiger partial charge in [0.1, 0.15) is 0 Å². The molecule has 2 aromatic heterocycles. The van der Waals surface area contributed by atoms with Crippen LogP contribution in [-0.4, -0.2) is 47.1 Å². The zero-order valence-electron chi connectivity index (χ0n) is 14.3. The third kappa shape index (κ3) is 4.49. The average Bonchev–Trinajstić information content (AvgIpc) is 3.25. The number of carbonyl (C=O) groups excluding carboxylic acids is 1. The second-order valence-corrected chi connectivity index (χ2v) is 9.54. The summed E-state index contributed by atoms with van der Waals surface area (Å²) in [5.41, 5.74) is 0.803. The molecule has 0 radical (unpaired) electrons. The van der Waals surface area contributed by atoms with Crippen LogP contribution in [0.2, 0.25) is 0 Å². The predicted molar refractivity (Wildman–Crippen MR) is 98.3 cm³/mol. The van der Waals surface area contributed by atoms with Gasteiger partial charge in [-0.3, -0.25) is 9.48 Å². The highest BCUT2D eigenvalue weighted by molar-refractivity contribution is 7.91. The predicted octanol–water partition coefficient (Wildman–Crippen LogP) is 2.29. The molecule has 1 fully saturated rings. The number of hydrogen-bond acceptors (Lipinski definition) is 5. The number of rotatable bonds is 6. The van der Waals surface area contributed by atoms with Gasteiger partial charge in [0.25, 0.3) is 0 Å². The van der Waals surface area contributed by atoms with Crippen molar-refractivity contribution in [3.63, 3.8) is 0 Å². The minimum atomic E-state index is -3.13. The largest absolute Gasteiger partial charge is 0.333 e. The lowest BCUT2D eigenvalue weighted by Gasteiger charge is -2.35. The fourth-order valence-corrected chi connectivity index (χ4v) is 5.36. The first-order valence-electron chi connectivity index (χ1n) is 8.53. The van der Waals surface area contributed by atoms with Crippen LogP contribution in [0.3, 0.4) is 0 Å². The van der Waals surface area contributed by atoms with E-state index in [4.69, 9.17) is 0 Å². The number of carbonyl (C=O) groups is 1. The van der Waals surface area contributed by atoms with Crippen LogP contribution >= 0.6 is 11.3 Å². The summed E-state index contributed by atoms with van der Waals surface area (Å²) in [4.78, 5) is 15.7. The molecule has 0 aromatic carbocycles. The topological polar surface area (TPSA) is 72.3 Å². The highest BCUT2D eigenvalue weighted by Gasteiger charge is 2.35. The lowest BCUT2D eigenvalue weighted by molar-refractivity contribution is -0.133. The summed E-state index contributed by atoms with van der Waals surface area (Å²) in [6.45, 7) is 2.96.